The molecule has 1 atom stereocenters. The minimum Gasteiger partial charge on any atom is -0.378 e. The molecule has 0 unspecified atom stereocenters. The predicted octanol–water partition coefficient (Wildman–Crippen LogP) is -0.426. The Bertz CT molecular complexity index is 872. The number of aromatic nitrogens is 4. The van der Waals surface area contributed by atoms with E-state index in [1.165, 1.54) is 22.9 Å². The summed E-state index contributed by atoms with van der Waals surface area (Å²) in [7, 11) is -2.10. The van der Waals surface area contributed by atoms with Gasteiger partial charge in [0.1, 0.15) is 5.82 Å². The van der Waals surface area contributed by atoms with Crippen LogP contribution in [-0.4, -0.2) is 52.0 Å². The summed E-state index contributed by atoms with van der Waals surface area (Å²) in [5.41, 5.74) is 0.0405. The number of morpholine rings is 1. The van der Waals surface area contributed by atoms with Crippen molar-refractivity contribution in [1.82, 2.24) is 23.8 Å². The summed E-state index contributed by atoms with van der Waals surface area (Å²) in [4.78, 5) is 22.4. The van der Waals surface area contributed by atoms with Crippen molar-refractivity contribution in [2.45, 2.75) is 18.0 Å². The number of sulfonamides is 1. The molecule has 3 rings (SSSR count). The van der Waals surface area contributed by atoms with Crippen LogP contribution in [0.3, 0.4) is 0 Å². The van der Waals surface area contributed by atoms with Gasteiger partial charge in [0.15, 0.2) is 5.03 Å². The Morgan fingerprint density at radius 1 is 1.43 bits per heavy atom. The van der Waals surface area contributed by atoms with E-state index in [0.717, 1.165) is 0 Å². The Kier molecular flexibility index (Phi) is 4.04. The van der Waals surface area contributed by atoms with Crippen molar-refractivity contribution in [2.75, 3.05) is 19.8 Å². The molecule has 0 aromatic carbocycles. The van der Waals surface area contributed by atoms with E-state index in [4.69, 9.17) is 4.74 Å². The van der Waals surface area contributed by atoms with Crippen LogP contribution in [-0.2, 0) is 21.8 Å². The van der Waals surface area contributed by atoms with Crippen LogP contribution >= 0.6 is 0 Å². The quantitative estimate of drug-likeness (QED) is 0.813. The van der Waals surface area contributed by atoms with E-state index in [1.54, 1.807) is 18.5 Å². The van der Waals surface area contributed by atoms with Gasteiger partial charge >= 0.3 is 0 Å². The van der Waals surface area contributed by atoms with Gasteiger partial charge in [0.2, 0.25) is 0 Å². The molecule has 0 aliphatic carbocycles. The number of imidazole rings is 1. The topological polar surface area (TPSA) is 110 Å². The molecule has 9 nitrogen and oxygen atoms in total. The summed E-state index contributed by atoms with van der Waals surface area (Å²) in [6.07, 6.45) is 2.87. The fourth-order valence-corrected chi connectivity index (χ4v) is 4.06. The van der Waals surface area contributed by atoms with E-state index in [0.29, 0.717) is 11.5 Å². The van der Waals surface area contributed by atoms with Crippen LogP contribution < -0.4 is 5.56 Å². The number of H-pyrrole nitrogens is 1. The maximum atomic E-state index is 12.8. The van der Waals surface area contributed by atoms with Crippen molar-refractivity contribution >= 4 is 10.0 Å². The summed E-state index contributed by atoms with van der Waals surface area (Å²) >= 11 is 0. The van der Waals surface area contributed by atoms with Crippen LogP contribution in [0.25, 0.3) is 0 Å². The normalized spacial score (nSPS) is 19.8. The maximum Gasteiger partial charge on any atom is 0.262 e. The molecule has 0 amide bonds. The molecule has 2 aromatic rings. The molecule has 2 aromatic heterocycles. The molecule has 23 heavy (non-hydrogen) atoms. The van der Waals surface area contributed by atoms with Crippen LogP contribution in [0, 0.1) is 6.92 Å². The Morgan fingerprint density at radius 3 is 2.87 bits per heavy atom. The van der Waals surface area contributed by atoms with E-state index < -0.39 is 16.1 Å². The number of hydrogen-bond acceptors (Lipinski definition) is 6. The molecule has 1 aliphatic heterocycles. The van der Waals surface area contributed by atoms with Crippen LogP contribution in [0.15, 0.2) is 28.4 Å². The first-order valence-electron chi connectivity index (χ1n) is 7.03. The highest BCUT2D eigenvalue weighted by Crippen LogP contribution is 2.28. The zero-order chi connectivity index (χ0) is 16.6. The summed E-state index contributed by atoms with van der Waals surface area (Å²) in [5.74, 6) is 0.424. The Labute approximate surface area is 133 Å². The zero-order valence-corrected chi connectivity index (χ0v) is 13.6. The second kappa shape index (κ2) is 5.87. The van der Waals surface area contributed by atoms with E-state index in [2.05, 4.69) is 15.0 Å². The Hall–Kier alpha value is -2.04. The van der Waals surface area contributed by atoms with Crippen LogP contribution in [0.4, 0.5) is 0 Å². The van der Waals surface area contributed by atoms with Crippen molar-refractivity contribution in [3.05, 3.63) is 40.5 Å². The van der Waals surface area contributed by atoms with Gasteiger partial charge in [-0.15, -0.1) is 0 Å². The number of aryl methyl sites for hydroxylation is 2. The van der Waals surface area contributed by atoms with Gasteiger partial charge in [0.25, 0.3) is 15.6 Å². The number of aromatic amines is 1. The lowest BCUT2D eigenvalue weighted by molar-refractivity contribution is 0.0303. The van der Waals surface area contributed by atoms with Crippen molar-refractivity contribution in [3.8, 4) is 0 Å². The maximum absolute atomic E-state index is 12.8. The van der Waals surface area contributed by atoms with E-state index in [1.807, 2.05) is 0 Å². The van der Waals surface area contributed by atoms with Crippen LogP contribution in [0.2, 0.25) is 0 Å². The Morgan fingerprint density at radius 2 is 2.22 bits per heavy atom. The summed E-state index contributed by atoms with van der Waals surface area (Å²) in [6, 6.07) is 0.643. The van der Waals surface area contributed by atoms with Crippen molar-refractivity contribution in [1.29, 1.82) is 0 Å². The molecule has 0 bridgehead atoms. The number of nitrogens with one attached hydrogen (secondary N) is 1. The van der Waals surface area contributed by atoms with Gasteiger partial charge in [-0.05, 0) is 6.92 Å². The van der Waals surface area contributed by atoms with Crippen molar-refractivity contribution < 1.29 is 13.2 Å². The molecular formula is C13H17N5O4S. The molecule has 1 saturated heterocycles. The molecule has 10 heteroatoms. The van der Waals surface area contributed by atoms with Crippen LogP contribution in [0.1, 0.15) is 17.6 Å². The second-order valence-corrected chi connectivity index (χ2v) is 7.18. The number of nitrogens with zero attached hydrogens (tertiary/aromatic N) is 4. The van der Waals surface area contributed by atoms with E-state index in [-0.39, 0.29) is 30.3 Å². The SMILES string of the molecule is Cc1nc([C@H]2COCCN2S(=O)(=O)c2cn(C)cn2)cc(=O)[nH]1. The zero-order valence-electron chi connectivity index (χ0n) is 12.8. The first-order chi connectivity index (χ1) is 10.9. The van der Waals surface area contributed by atoms with Gasteiger partial charge < -0.3 is 14.3 Å². The van der Waals surface area contributed by atoms with Gasteiger partial charge in [-0.3, -0.25) is 4.79 Å². The highest BCUT2D eigenvalue weighted by molar-refractivity contribution is 7.89. The molecule has 0 spiro atoms. The van der Waals surface area contributed by atoms with Gasteiger partial charge in [-0.2, -0.15) is 4.31 Å². The van der Waals surface area contributed by atoms with Gasteiger partial charge in [0.05, 0.1) is 31.3 Å². The van der Waals surface area contributed by atoms with E-state index >= 15 is 0 Å². The van der Waals surface area contributed by atoms with E-state index in [9.17, 15) is 13.2 Å². The molecule has 3 heterocycles. The summed E-state index contributed by atoms with van der Waals surface area (Å²) in [5, 5.41) is -0.0338. The molecule has 124 valence electrons. The third-order valence-corrected chi connectivity index (χ3v) is 5.35. The highest BCUT2D eigenvalue weighted by Gasteiger charge is 2.37. The molecule has 0 radical (unpaired) electrons. The minimum absolute atomic E-state index is 0.0338. The highest BCUT2D eigenvalue weighted by atomic mass is 32.2. The first-order valence-corrected chi connectivity index (χ1v) is 8.47. The number of rotatable bonds is 3. The molecule has 0 saturated carbocycles. The van der Waals surface area contributed by atoms with Gasteiger partial charge in [-0.1, -0.05) is 0 Å². The lowest BCUT2D eigenvalue weighted by atomic mass is 10.2. The third kappa shape index (κ3) is 3.05. The fourth-order valence-electron chi connectivity index (χ4n) is 2.52. The third-order valence-electron chi connectivity index (χ3n) is 3.55. The fraction of sp³-hybridized carbons (Fsp3) is 0.462. The monoisotopic (exact) mass is 339 g/mol. The smallest absolute Gasteiger partial charge is 0.262 e. The van der Waals surface area contributed by atoms with Gasteiger partial charge in [0, 0.05) is 25.9 Å². The van der Waals surface area contributed by atoms with Crippen molar-refractivity contribution in [3.63, 3.8) is 0 Å². The minimum atomic E-state index is -3.80. The standard InChI is InChI=1S/C13H17N5O4S/c1-9-15-10(5-12(19)16-9)11-7-22-4-3-18(11)23(20,21)13-6-17(2)8-14-13/h5-6,8,11H,3-4,7H2,1-2H3,(H,15,16,19)/t11-/m1/s1. The largest absolute Gasteiger partial charge is 0.378 e. The molecule has 1 N–H and O–H groups in total. The number of hydrogen-bond donors (Lipinski definition) is 1. The second-order valence-electron chi connectivity index (χ2n) is 5.34. The lowest BCUT2D eigenvalue weighted by Gasteiger charge is -2.33. The summed E-state index contributed by atoms with van der Waals surface area (Å²) in [6.45, 7) is 2.25. The Balaban J connectivity index is 2.03. The molecule has 1 fully saturated rings. The average Bonchev–Trinajstić information content (AvgIpc) is 2.94. The lowest BCUT2D eigenvalue weighted by Crippen LogP contribution is -2.44. The predicted molar refractivity (Wildman–Crippen MR) is 80.3 cm³/mol. The molecule has 1 aliphatic rings. The van der Waals surface area contributed by atoms with Crippen LogP contribution in [0.5, 0.6) is 0 Å². The molecular weight excluding hydrogens is 322 g/mol. The first kappa shape index (κ1) is 15.8. The average molecular weight is 339 g/mol. The van der Waals surface area contributed by atoms with Crippen molar-refractivity contribution in [2.24, 2.45) is 7.05 Å². The number of ether oxygens (including phenoxy) is 1. The van der Waals surface area contributed by atoms with Gasteiger partial charge in [-0.25, -0.2) is 18.4 Å². The summed E-state index contributed by atoms with van der Waals surface area (Å²) < 4.78 is 33.9.